The van der Waals surface area contributed by atoms with Gasteiger partial charge in [-0.15, -0.1) is 11.3 Å². The second kappa shape index (κ2) is 9.13. The van der Waals surface area contributed by atoms with E-state index in [0.29, 0.717) is 11.3 Å². The molecule has 178 valence electrons. The van der Waals surface area contributed by atoms with Gasteiger partial charge in [-0.2, -0.15) is 0 Å². The van der Waals surface area contributed by atoms with Gasteiger partial charge in [0.15, 0.2) is 0 Å². The van der Waals surface area contributed by atoms with Gasteiger partial charge in [0.1, 0.15) is 11.5 Å². The molecule has 0 atom stereocenters. The number of nitrogens with one attached hydrogen (secondary N) is 1. The molecule has 0 aliphatic heterocycles. The monoisotopic (exact) mass is 485 g/mol. The number of thiophene rings is 1. The Bertz CT molecular complexity index is 1570. The number of benzene rings is 1. The Kier molecular flexibility index (Phi) is 6.00. The number of hydrogen-bond acceptors (Lipinski definition) is 6. The maximum absolute atomic E-state index is 12.4. The molecule has 8 heteroatoms. The standard InChI is InChI=1S/C27H27N5O2S/c1-16-25(27(33)28-2)19-10-9-18(13-22(19)32(16)5)34-23-11-12-29-21-14-24(35-26(21)23)20-8-6-7-17(30-20)15-31(3)4/h6-14H,15H2,1-5H3,(H,28,33). The summed E-state index contributed by atoms with van der Waals surface area (Å²) in [6.45, 7) is 2.74. The average molecular weight is 486 g/mol. The van der Waals surface area contributed by atoms with E-state index in [1.165, 1.54) is 0 Å². The van der Waals surface area contributed by atoms with Crippen LogP contribution in [-0.4, -0.2) is 46.5 Å². The first-order valence-electron chi connectivity index (χ1n) is 11.3. The fourth-order valence-electron chi connectivity index (χ4n) is 4.30. The topological polar surface area (TPSA) is 72.3 Å². The lowest BCUT2D eigenvalue weighted by Gasteiger charge is -2.09. The number of carbonyl (C=O) groups is 1. The molecule has 0 saturated heterocycles. The molecule has 0 radical (unpaired) electrons. The molecule has 1 amide bonds. The van der Waals surface area contributed by atoms with Crippen molar-refractivity contribution in [3.05, 3.63) is 71.7 Å². The van der Waals surface area contributed by atoms with Gasteiger partial charge in [-0.3, -0.25) is 14.8 Å². The van der Waals surface area contributed by atoms with Crippen molar-refractivity contribution < 1.29 is 9.53 Å². The summed E-state index contributed by atoms with van der Waals surface area (Å²) in [6, 6.07) is 15.9. The molecule has 4 heterocycles. The van der Waals surface area contributed by atoms with E-state index in [9.17, 15) is 4.79 Å². The van der Waals surface area contributed by atoms with Crippen molar-refractivity contribution in [1.82, 2.24) is 24.8 Å². The summed E-state index contributed by atoms with van der Waals surface area (Å²) in [4.78, 5) is 24.9. The van der Waals surface area contributed by atoms with Crippen LogP contribution < -0.4 is 10.1 Å². The van der Waals surface area contributed by atoms with E-state index < -0.39 is 0 Å². The highest BCUT2D eigenvalue weighted by Gasteiger charge is 2.19. The summed E-state index contributed by atoms with van der Waals surface area (Å²) in [7, 11) is 7.68. The smallest absolute Gasteiger partial charge is 0.253 e. The summed E-state index contributed by atoms with van der Waals surface area (Å²) in [5.41, 5.74) is 5.37. The molecule has 0 aliphatic carbocycles. The van der Waals surface area contributed by atoms with Gasteiger partial charge in [0, 0.05) is 50.0 Å². The molecule has 0 fully saturated rings. The van der Waals surface area contributed by atoms with Crippen molar-refractivity contribution in [1.29, 1.82) is 0 Å². The average Bonchev–Trinajstić information content (AvgIpc) is 3.39. The summed E-state index contributed by atoms with van der Waals surface area (Å²) >= 11 is 1.62. The molecular weight excluding hydrogens is 458 g/mol. The number of amides is 1. The van der Waals surface area contributed by atoms with E-state index in [4.69, 9.17) is 9.72 Å². The molecule has 7 nitrogen and oxygen atoms in total. The zero-order valence-electron chi connectivity index (χ0n) is 20.4. The van der Waals surface area contributed by atoms with Crippen LogP contribution in [0.2, 0.25) is 0 Å². The minimum atomic E-state index is -0.0908. The third kappa shape index (κ3) is 4.26. The third-order valence-electron chi connectivity index (χ3n) is 6.06. The number of nitrogens with zero attached hydrogens (tertiary/aromatic N) is 4. The van der Waals surface area contributed by atoms with Crippen LogP contribution in [0.1, 0.15) is 21.7 Å². The molecule has 1 N–H and O–H groups in total. The summed E-state index contributed by atoms with van der Waals surface area (Å²) < 4.78 is 9.33. The first-order valence-corrected chi connectivity index (χ1v) is 12.2. The Hall–Kier alpha value is -3.75. The molecule has 35 heavy (non-hydrogen) atoms. The summed E-state index contributed by atoms with van der Waals surface area (Å²) in [5, 5.41) is 3.64. The molecular formula is C27H27N5O2S. The van der Waals surface area contributed by atoms with Crippen molar-refractivity contribution in [2.45, 2.75) is 13.5 Å². The van der Waals surface area contributed by atoms with Crippen molar-refractivity contribution in [3.8, 4) is 22.1 Å². The van der Waals surface area contributed by atoms with Gasteiger partial charge in [0.25, 0.3) is 5.91 Å². The zero-order valence-corrected chi connectivity index (χ0v) is 21.2. The number of pyridine rings is 2. The minimum Gasteiger partial charge on any atom is -0.456 e. The predicted octanol–water partition coefficient (Wildman–Crippen LogP) is 5.37. The fourth-order valence-corrected chi connectivity index (χ4v) is 5.33. The van der Waals surface area contributed by atoms with Gasteiger partial charge >= 0.3 is 0 Å². The lowest BCUT2D eigenvalue weighted by Crippen LogP contribution is -2.18. The molecule has 0 spiro atoms. The van der Waals surface area contributed by atoms with Crippen LogP contribution in [0.5, 0.6) is 11.5 Å². The summed E-state index contributed by atoms with van der Waals surface area (Å²) in [5.74, 6) is 1.36. The zero-order chi connectivity index (χ0) is 24.7. The number of rotatable bonds is 6. The maximum atomic E-state index is 12.4. The van der Waals surface area contributed by atoms with Crippen LogP contribution in [0.4, 0.5) is 0 Å². The number of carbonyl (C=O) groups excluding carboxylic acids is 1. The van der Waals surface area contributed by atoms with Gasteiger partial charge < -0.3 is 19.5 Å². The first kappa shape index (κ1) is 23.0. The molecule has 4 aromatic heterocycles. The molecule has 1 aromatic carbocycles. The van der Waals surface area contributed by atoms with Crippen molar-refractivity contribution in [2.24, 2.45) is 7.05 Å². The number of aromatic nitrogens is 3. The van der Waals surface area contributed by atoms with Crippen molar-refractivity contribution in [2.75, 3.05) is 21.1 Å². The Labute approximate surface area is 208 Å². The highest BCUT2D eigenvalue weighted by atomic mass is 32.1. The van der Waals surface area contributed by atoms with Crippen molar-refractivity contribution >= 4 is 38.4 Å². The lowest BCUT2D eigenvalue weighted by atomic mass is 10.1. The largest absolute Gasteiger partial charge is 0.456 e. The fraction of sp³-hybridized carbons (Fsp3) is 0.222. The molecule has 5 aromatic rings. The number of fused-ring (bicyclic) bond motifs is 2. The highest BCUT2D eigenvalue weighted by molar-refractivity contribution is 7.22. The normalized spacial score (nSPS) is 11.5. The van der Waals surface area contributed by atoms with Crippen LogP contribution in [0.25, 0.3) is 31.7 Å². The predicted molar refractivity (Wildman–Crippen MR) is 141 cm³/mol. The van der Waals surface area contributed by atoms with E-state index in [1.54, 1.807) is 24.6 Å². The van der Waals surface area contributed by atoms with Crippen LogP contribution in [0.3, 0.4) is 0 Å². The lowest BCUT2D eigenvalue weighted by molar-refractivity contribution is 0.0964. The molecule has 5 rings (SSSR count). The van der Waals surface area contributed by atoms with Gasteiger partial charge in [-0.1, -0.05) is 6.07 Å². The Balaban J connectivity index is 1.51. The maximum Gasteiger partial charge on any atom is 0.253 e. The van der Waals surface area contributed by atoms with Gasteiger partial charge in [0.05, 0.1) is 37.6 Å². The molecule has 0 saturated carbocycles. The second-order valence-corrected chi connectivity index (χ2v) is 9.82. The first-order chi connectivity index (χ1) is 16.9. The van der Waals surface area contributed by atoms with Gasteiger partial charge in [0.2, 0.25) is 0 Å². The highest BCUT2D eigenvalue weighted by Crippen LogP contribution is 2.39. The quantitative estimate of drug-likeness (QED) is 0.350. The van der Waals surface area contributed by atoms with Crippen LogP contribution >= 0.6 is 11.3 Å². The SMILES string of the molecule is CNC(=O)c1c(C)n(C)c2cc(Oc3ccnc4cc(-c5cccc(CN(C)C)n5)sc34)ccc12. The van der Waals surface area contributed by atoms with Crippen LogP contribution in [0.15, 0.2) is 54.7 Å². The molecule has 0 aliphatic rings. The van der Waals surface area contributed by atoms with E-state index >= 15 is 0 Å². The Morgan fingerprint density at radius 2 is 2.00 bits per heavy atom. The Morgan fingerprint density at radius 1 is 1.17 bits per heavy atom. The molecule has 0 bridgehead atoms. The van der Waals surface area contributed by atoms with Crippen molar-refractivity contribution in [3.63, 3.8) is 0 Å². The number of ether oxygens (including phenoxy) is 1. The van der Waals surface area contributed by atoms with E-state index in [1.807, 2.05) is 75.1 Å². The Morgan fingerprint density at radius 3 is 2.77 bits per heavy atom. The number of aryl methyl sites for hydroxylation is 1. The molecule has 0 unspecified atom stereocenters. The summed E-state index contributed by atoms with van der Waals surface area (Å²) in [6.07, 6.45) is 1.76. The van der Waals surface area contributed by atoms with E-state index in [0.717, 1.165) is 55.4 Å². The van der Waals surface area contributed by atoms with Crippen LogP contribution in [-0.2, 0) is 13.6 Å². The van der Waals surface area contributed by atoms with E-state index in [-0.39, 0.29) is 5.91 Å². The second-order valence-electron chi connectivity index (χ2n) is 8.77. The van der Waals surface area contributed by atoms with Gasteiger partial charge in [-0.25, -0.2) is 0 Å². The van der Waals surface area contributed by atoms with Gasteiger partial charge in [-0.05, 0) is 51.4 Å². The van der Waals surface area contributed by atoms with E-state index in [2.05, 4.69) is 21.3 Å². The van der Waals surface area contributed by atoms with Crippen LogP contribution in [0, 0.1) is 6.92 Å². The minimum absolute atomic E-state index is 0.0908. The number of hydrogen-bond donors (Lipinski definition) is 1. The third-order valence-corrected chi connectivity index (χ3v) is 7.22.